The van der Waals surface area contributed by atoms with Crippen molar-refractivity contribution in [1.82, 2.24) is 5.43 Å². The molecule has 2 rings (SSSR count). The summed E-state index contributed by atoms with van der Waals surface area (Å²) < 4.78 is 19.3. The average Bonchev–Trinajstić information content (AvgIpc) is 2.86. The molecular weight excluding hydrogens is 255 g/mol. The first kappa shape index (κ1) is 13.7. The molecule has 3 nitrogen and oxygen atoms in total. The highest BCUT2D eigenvalue weighted by Gasteiger charge is 2.21. The Morgan fingerprint density at radius 3 is 3.00 bits per heavy atom. The molecule has 1 aliphatic rings. The van der Waals surface area contributed by atoms with Crippen LogP contribution in [0.2, 0.25) is 5.02 Å². The van der Waals surface area contributed by atoms with Crippen LogP contribution in [0.15, 0.2) is 18.2 Å². The van der Waals surface area contributed by atoms with Crippen LogP contribution in [0.4, 0.5) is 4.39 Å². The molecule has 0 aromatic heterocycles. The van der Waals surface area contributed by atoms with E-state index >= 15 is 0 Å². The molecule has 1 aromatic carbocycles. The van der Waals surface area contributed by atoms with Crippen molar-refractivity contribution < 1.29 is 9.13 Å². The zero-order chi connectivity index (χ0) is 13.0. The van der Waals surface area contributed by atoms with Crippen LogP contribution >= 0.6 is 11.6 Å². The Hall–Kier alpha value is -0.680. The minimum absolute atomic E-state index is 0.270. The summed E-state index contributed by atoms with van der Waals surface area (Å²) >= 11 is 6.03. The molecule has 3 N–H and O–H groups in total. The summed E-state index contributed by atoms with van der Waals surface area (Å²) in [5.41, 5.74) is 3.09. The quantitative estimate of drug-likeness (QED) is 0.640. The Morgan fingerprint density at radius 1 is 1.56 bits per heavy atom. The summed E-state index contributed by atoms with van der Waals surface area (Å²) in [6, 6.07) is 4.39. The van der Waals surface area contributed by atoms with Crippen LogP contribution in [0.5, 0.6) is 0 Å². The van der Waals surface area contributed by atoms with E-state index in [0.717, 1.165) is 25.9 Å². The van der Waals surface area contributed by atoms with E-state index in [0.29, 0.717) is 17.0 Å². The largest absolute Gasteiger partial charge is 0.378 e. The van der Waals surface area contributed by atoms with Gasteiger partial charge in [0.1, 0.15) is 5.82 Å². The fourth-order valence-corrected chi connectivity index (χ4v) is 2.67. The highest BCUT2D eigenvalue weighted by Crippen LogP contribution is 2.30. The van der Waals surface area contributed by atoms with Gasteiger partial charge in [-0.05, 0) is 37.8 Å². The van der Waals surface area contributed by atoms with Crippen molar-refractivity contribution in [2.75, 3.05) is 6.61 Å². The lowest BCUT2D eigenvalue weighted by Crippen LogP contribution is -2.29. The average molecular weight is 273 g/mol. The van der Waals surface area contributed by atoms with Crippen LogP contribution < -0.4 is 11.3 Å². The number of hydrogen-bond acceptors (Lipinski definition) is 3. The van der Waals surface area contributed by atoms with Crippen molar-refractivity contribution in [2.45, 2.75) is 37.8 Å². The molecule has 18 heavy (non-hydrogen) atoms. The summed E-state index contributed by atoms with van der Waals surface area (Å²) in [5, 5.41) is 0.408. The monoisotopic (exact) mass is 272 g/mol. The normalized spacial score (nSPS) is 21.2. The Kier molecular flexibility index (Phi) is 4.95. The van der Waals surface area contributed by atoms with Gasteiger partial charge >= 0.3 is 0 Å². The molecule has 0 radical (unpaired) electrons. The van der Waals surface area contributed by atoms with Crippen LogP contribution in [-0.2, 0) is 4.74 Å². The third-order valence-electron chi connectivity index (χ3n) is 3.35. The summed E-state index contributed by atoms with van der Waals surface area (Å²) in [6.07, 6.45) is 4.02. The van der Waals surface area contributed by atoms with E-state index in [-0.39, 0.29) is 18.0 Å². The molecule has 2 unspecified atom stereocenters. The van der Waals surface area contributed by atoms with Gasteiger partial charge in [-0.1, -0.05) is 17.7 Å². The molecule has 0 aliphatic carbocycles. The number of benzene rings is 1. The molecule has 0 bridgehead atoms. The predicted molar refractivity (Wildman–Crippen MR) is 69.7 cm³/mol. The summed E-state index contributed by atoms with van der Waals surface area (Å²) in [7, 11) is 0. The van der Waals surface area contributed by atoms with E-state index in [1.807, 2.05) is 0 Å². The molecule has 1 heterocycles. The van der Waals surface area contributed by atoms with Gasteiger partial charge in [-0.3, -0.25) is 11.3 Å². The highest BCUT2D eigenvalue weighted by atomic mass is 35.5. The molecule has 100 valence electrons. The van der Waals surface area contributed by atoms with Crippen molar-refractivity contribution in [3.8, 4) is 0 Å². The second-order valence-corrected chi connectivity index (χ2v) is 4.97. The number of rotatable bonds is 5. The maximum atomic E-state index is 13.8. The number of hydrogen-bond donors (Lipinski definition) is 2. The fraction of sp³-hybridized carbons (Fsp3) is 0.538. The maximum absolute atomic E-state index is 13.8. The molecule has 5 heteroatoms. The van der Waals surface area contributed by atoms with E-state index in [9.17, 15) is 4.39 Å². The number of nitrogens with two attached hydrogens (primary N) is 1. The van der Waals surface area contributed by atoms with Crippen molar-refractivity contribution in [3.05, 3.63) is 34.6 Å². The molecule has 0 spiro atoms. The third-order valence-corrected chi connectivity index (χ3v) is 3.68. The van der Waals surface area contributed by atoms with Crippen molar-refractivity contribution in [1.29, 1.82) is 0 Å². The lowest BCUT2D eigenvalue weighted by Gasteiger charge is -2.20. The second-order valence-electron chi connectivity index (χ2n) is 4.57. The zero-order valence-corrected chi connectivity index (χ0v) is 10.9. The molecule has 1 saturated heterocycles. The molecule has 2 atom stereocenters. The Labute approximate surface area is 111 Å². The first-order valence-corrected chi connectivity index (χ1v) is 6.62. The Morgan fingerprint density at radius 2 is 2.39 bits per heavy atom. The minimum Gasteiger partial charge on any atom is -0.378 e. The highest BCUT2D eigenvalue weighted by molar-refractivity contribution is 6.31. The van der Waals surface area contributed by atoms with Gasteiger partial charge in [-0.25, -0.2) is 4.39 Å². The second kappa shape index (κ2) is 6.48. The zero-order valence-electron chi connectivity index (χ0n) is 10.2. The SMILES string of the molecule is NNC(CCC1CCCO1)c1c(F)cccc1Cl. The fourth-order valence-electron chi connectivity index (χ4n) is 2.38. The summed E-state index contributed by atoms with van der Waals surface area (Å²) in [4.78, 5) is 0. The summed E-state index contributed by atoms with van der Waals surface area (Å²) in [6.45, 7) is 0.825. The molecular formula is C13H18ClFN2O. The Bertz CT molecular complexity index is 376. The number of halogens is 2. The number of ether oxygens (including phenoxy) is 1. The summed E-state index contributed by atoms with van der Waals surface area (Å²) in [5.74, 6) is 5.19. The smallest absolute Gasteiger partial charge is 0.129 e. The molecule has 1 fully saturated rings. The van der Waals surface area contributed by atoms with Gasteiger partial charge < -0.3 is 4.74 Å². The van der Waals surface area contributed by atoms with Gasteiger partial charge in [-0.2, -0.15) is 0 Å². The van der Waals surface area contributed by atoms with Crippen LogP contribution in [-0.4, -0.2) is 12.7 Å². The lowest BCUT2D eigenvalue weighted by atomic mass is 9.99. The van der Waals surface area contributed by atoms with E-state index in [1.165, 1.54) is 6.07 Å². The van der Waals surface area contributed by atoms with E-state index in [2.05, 4.69) is 5.43 Å². The lowest BCUT2D eigenvalue weighted by molar-refractivity contribution is 0.0995. The van der Waals surface area contributed by atoms with Gasteiger partial charge in [0.25, 0.3) is 0 Å². The number of nitrogens with one attached hydrogen (secondary N) is 1. The predicted octanol–water partition coefficient (Wildman–Crippen LogP) is 2.94. The number of hydrazine groups is 1. The maximum Gasteiger partial charge on any atom is 0.129 e. The minimum atomic E-state index is -0.321. The van der Waals surface area contributed by atoms with Crippen LogP contribution in [0.1, 0.15) is 37.3 Å². The van der Waals surface area contributed by atoms with Crippen molar-refractivity contribution in [2.24, 2.45) is 5.84 Å². The molecule has 0 amide bonds. The van der Waals surface area contributed by atoms with E-state index < -0.39 is 0 Å². The topological polar surface area (TPSA) is 47.3 Å². The third kappa shape index (κ3) is 3.20. The standard InChI is InChI=1S/C13H18ClFN2O/c14-10-4-1-5-11(15)13(10)12(17-16)7-6-9-3-2-8-18-9/h1,4-5,9,12,17H,2-3,6-8,16H2. The van der Waals surface area contributed by atoms with Gasteiger partial charge in [0.15, 0.2) is 0 Å². The van der Waals surface area contributed by atoms with Crippen LogP contribution in [0.25, 0.3) is 0 Å². The first-order valence-electron chi connectivity index (χ1n) is 6.24. The molecule has 1 aliphatic heterocycles. The van der Waals surface area contributed by atoms with Gasteiger partial charge in [-0.15, -0.1) is 0 Å². The Balaban J connectivity index is 2.03. The van der Waals surface area contributed by atoms with E-state index in [1.54, 1.807) is 12.1 Å². The van der Waals surface area contributed by atoms with Gasteiger partial charge in [0.05, 0.1) is 12.1 Å². The molecule has 0 saturated carbocycles. The van der Waals surface area contributed by atoms with Gasteiger partial charge in [0, 0.05) is 17.2 Å². The molecule has 1 aromatic rings. The van der Waals surface area contributed by atoms with Crippen molar-refractivity contribution in [3.63, 3.8) is 0 Å². The first-order chi connectivity index (χ1) is 8.72. The van der Waals surface area contributed by atoms with Crippen LogP contribution in [0.3, 0.4) is 0 Å². The van der Waals surface area contributed by atoms with Crippen LogP contribution in [0, 0.1) is 5.82 Å². The van der Waals surface area contributed by atoms with Gasteiger partial charge in [0.2, 0.25) is 0 Å². The van der Waals surface area contributed by atoms with Crippen molar-refractivity contribution >= 4 is 11.6 Å². The van der Waals surface area contributed by atoms with E-state index in [4.69, 9.17) is 22.2 Å².